The van der Waals surface area contributed by atoms with Gasteiger partial charge >= 0.3 is 0 Å². The summed E-state index contributed by atoms with van der Waals surface area (Å²) in [5, 5.41) is 3.59. The van der Waals surface area contributed by atoms with E-state index in [1.165, 1.54) is 55.2 Å². The molecule has 1 spiro atoms. The maximum Gasteiger partial charge on any atom is 0.0686 e. The Morgan fingerprint density at radius 1 is 1.19 bits per heavy atom. The molecule has 3 rings (SSSR count). The molecule has 2 nitrogen and oxygen atoms in total. The summed E-state index contributed by atoms with van der Waals surface area (Å²) in [6.45, 7) is 5.34. The summed E-state index contributed by atoms with van der Waals surface area (Å²) in [5.41, 5.74) is 4.43. The molecule has 2 atom stereocenters. The van der Waals surface area contributed by atoms with Crippen LogP contribution in [0.3, 0.4) is 0 Å². The number of benzene rings is 1. The van der Waals surface area contributed by atoms with Crippen molar-refractivity contribution in [1.82, 2.24) is 5.32 Å². The molecule has 1 aromatic carbocycles. The van der Waals surface area contributed by atoms with E-state index in [1.807, 2.05) is 0 Å². The quantitative estimate of drug-likeness (QED) is 0.894. The van der Waals surface area contributed by atoms with Crippen LogP contribution in [-0.2, 0) is 4.74 Å². The molecule has 2 heteroatoms. The van der Waals surface area contributed by atoms with Gasteiger partial charge in [-0.05, 0) is 69.2 Å². The maximum atomic E-state index is 6.20. The molecule has 2 fully saturated rings. The molecule has 0 amide bonds. The second-order valence-corrected chi connectivity index (χ2v) is 7.10. The van der Waals surface area contributed by atoms with Crippen LogP contribution in [0.5, 0.6) is 0 Å². The molecule has 1 heterocycles. The van der Waals surface area contributed by atoms with Crippen molar-refractivity contribution in [2.24, 2.45) is 5.92 Å². The number of hydrogen-bond acceptors (Lipinski definition) is 2. The van der Waals surface area contributed by atoms with Gasteiger partial charge in [0, 0.05) is 12.6 Å². The summed E-state index contributed by atoms with van der Waals surface area (Å²) in [6.07, 6.45) is 7.65. The highest BCUT2D eigenvalue weighted by Crippen LogP contribution is 2.45. The zero-order valence-corrected chi connectivity index (χ0v) is 13.7. The van der Waals surface area contributed by atoms with Crippen LogP contribution in [0.15, 0.2) is 18.2 Å². The molecule has 21 heavy (non-hydrogen) atoms. The van der Waals surface area contributed by atoms with Gasteiger partial charge < -0.3 is 10.1 Å². The third-order valence-corrected chi connectivity index (χ3v) is 5.72. The van der Waals surface area contributed by atoms with Crippen LogP contribution in [0.4, 0.5) is 0 Å². The lowest BCUT2D eigenvalue weighted by atomic mass is 9.78. The first-order chi connectivity index (χ1) is 10.1. The molecule has 0 bridgehead atoms. The Kier molecular flexibility index (Phi) is 4.37. The van der Waals surface area contributed by atoms with Gasteiger partial charge in [0.2, 0.25) is 0 Å². The Bertz CT molecular complexity index is 490. The van der Waals surface area contributed by atoms with E-state index in [2.05, 4.69) is 44.4 Å². The van der Waals surface area contributed by atoms with Crippen molar-refractivity contribution >= 4 is 0 Å². The number of rotatable bonds is 3. The molecule has 1 aromatic rings. The average Bonchev–Trinajstić information content (AvgIpc) is 2.91. The summed E-state index contributed by atoms with van der Waals surface area (Å²) in [6, 6.07) is 7.40. The van der Waals surface area contributed by atoms with Crippen molar-refractivity contribution in [3.05, 3.63) is 34.9 Å². The van der Waals surface area contributed by atoms with E-state index in [1.54, 1.807) is 0 Å². The van der Waals surface area contributed by atoms with Gasteiger partial charge in [-0.2, -0.15) is 0 Å². The minimum atomic E-state index is 0.206. The van der Waals surface area contributed by atoms with Crippen molar-refractivity contribution in [2.45, 2.75) is 64.0 Å². The van der Waals surface area contributed by atoms with E-state index in [4.69, 9.17) is 4.74 Å². The SMILES string of the molecule is CNC(c1ccc(C)c(C)c1)C1CCOC2(CCCC2)C1. The van der Waals surface area contributed by atoms with E-state index in [-0.39, 0.29) is 5.60 Å². The monoisotopic (exact) mass is 287 g/mol. The number of ether oxygens (including phenoxy) is 1. The lowest BCUT2D eigenvalue weighted by Crippen LogP contribution is -2.41. The van der Waals surface area contributed by atoms with E-state index in [9.17, 15) is 0 Å². The van der Waals surface area contributed by atoms with Crippen LogP contribution in [-0.4, -0.2) is 19.3 Å². The zero-order chi connectivity index (χ0) is 14.9. The van der Waals surface area contributed by atoms with Gasteiger partial charge in [0.1, 0.15) is 0 Å². The first kappa shape index (κ1) is 15.1. The molecule has 2 aliphatic rings. The van der Waals surface area contributed by atoms with Crippen LogP contribution in [0, 0.1) is 19.8 Å². The Labute approximate surface area is 129 Å². The zero-order valence-electron chi connectivity index (χ0n) is 13.7. The fourth-order valence-corrected chi connectivity index (χ4v) is 4.35. The molecule has 0 radical (unpaired) electrons. The van der Waals surface area contributed by atoms with Crippen LogP contribution in [0.2, 0.25) is 0 Å². The Morgan fingerprint density at radius 3 is 2.62 bits per heavy atom. The van der Waals surface area contributed by atoms with Crippen LogP contribution < -0.4 is 5.32 Å². The molecule has 1 saturated carbocycles. The molecular weight excluding hydrogens is 258 g/mol. The topological polar surface area (TPSA) is 21.3 Å². The van der Waals surface area contributed by atoms with Gasteiger partial charge in [0.05, 0.1) is 5.60 Å². The van der Waals surface area contributed by atoms with Crippen molar-refractivity contribution in [3.63, 3.8) is 0 Å². The highest BCUT2D eigenvalue weighted by Gasteiger charge is 2.41. The van der Waals surface area contributed by atoms with Crippen molar-refractivity contribution in [2.75, 3.05) is 13.7 Å². The summed E-state index contributed by atoms with van der Waals surface area (Å²) in [4.78, 5) is 0. The predicted octanol–water partition coefficient (Wildman–Crippen LogP) is 4.30. The standard InChI is InChI=1S/C19H29NO/c1-14-6-7-16(12-15(14)2)18(20-3)17-8-11-21-19(13-17)9-4-5-10-19/h6-7,12,17-18,20H,4-5,8-11,13H2,1-3H3. The Morgan fingerprint density at radius 2 is 1.95 bits per heavy atom. The second-order valence-electron chi connectivity index (χ2n) is 7.10. The van der Waals surface area contributed by atoms with Crippen molar-refractivity contribution in [1.29, 1.82) is 0 Å². The first-order valence-electron chi connectivity index (χ1n) is 8.52. The summed E-state index contributed by atoms with van der Waals surface area (Å²) in [7, 11) is 2.11. The largest absolute Gasteiger partial charge is 0.375 e. The van der Waals surface area contributed by atoms with Gasteiger partial charge in [-0.1, -0.05) is 31.0 Å². The normalized spacial score (nSPS) is 26.1. The van der Waals surface area contributed by atoms with Crippen LogP contribution in [0.25, 0.3) is 0 Å². The molecule has 1 aliphatic carbocycles. The number of hydrogen-bond donors (Lipinski definition) is 1. The third-order valence-electron chi connectivity index (χ3n) is 5.72. The van der Waals surface area contributed by atoms with Gasteiger partial charge in [-0.15, -0.1) is 0 Å². The maximum absolute atomic E-state index is 6.20. The Balaban J connectivity index is 1.80. The van der Waals surface area contributed by atoms with Gasteiger partial charge in [-0.3, -0.25) is 0 Å². The van der Waals surface area contributed by atoms with Gasteiger partial charge in [-0.25, -0.2) is 0 Å². The molecule has 1 aliphatic heterocycles. The highest BCUT2D eigenvalue weighted by atomic mass is 16.5. The van der Waals surface area contributed by atoms with Crippen molar-refractivity contribution in [3.8, 4) is 0 Å². The first-order valence-corrected chi connectivity index (χ1v) is 8.52. The fourth-order valence-electron chi connectivity index (χ4n) is 4.35. The van der Waals surface area contributed by atoms with Crippen molar-refractivity contribution < 1.29 is 4.74 Å². The summed E-state index contributed by atoms with van der Waals surface area (Å²) in [5.74, 6) is 0.698. The van der Waals surface area contributed by atoms with Gasteiger partial charge in [0.25, 0.3) is 0 Å². The average molecular weight is 287 g/mol. The lowest BCUT2D eigenvalue weighted by molar-refractivity contribution is -0.0978. The lowest BCUT2D eigenvalue weighted by Gasteiger charge is -2.41. The van der Waals surface area contributed by atoms with E-state index >= 15 is 0 Å². The third kappa shape index (κ3) is 3.02. The minimum Gasteiger partial charge on any atom is -0.375 e. The van der Waals surface area contributed by atoms with E-state index in [0.29, 0.717) is 12.0 Å². The minimum absolute atomic E-state index is 0.206. The smallest absolute Gasteiger partial charge is 0.0686 e. The highest BCUT2D eigenvalue weighted by molar-refractivity contribution is 5.32. The van der Waals surface area contributed by atoms with E-state index in [0.717, 1.165) is 6.61 Å². The predicted molar refractivity (Wildman–Crippen MR) is 87.6 cm³/mol. The summed E-state index contributed by atoms with van der Waals surface area (Å²) >= 11 is 0. The number of aryl methyl sites for hydroxylation is 2. The molecule has 0 aromatic heterocycles. The molecule has 1 N–H and O–H groups in total. The number of nitrogens with one attached hydrogen (secondary N) is 1. The molecular formula is C19H29NO. The summed E-state index contributed by atoms with van der Waals surface area (Å²) < 4.78 is 6.20. The van der Waals surface area contributed by atoms with E-state index < -0.39 is 0 Å². The second kappa shape index (κ2) is 6.10. The molecule has 2 unspecified atom stereocenters. The molecule has 1 saturated heterocycles. The Hall–Kier alpha value is -0.860. The van der Waals surface area contributed by atoms with Gasteiger partial charge in [0.15, 0.2) is 0 Å². The molecule has 116 valence electrons. The fraction of sp³-hybridized carbons (Fsp3) is 0.684. The van der Waals surface area contributed by atoms with Crippen LogP contribution >= 0.6 is 0 Å². The van der Waals surface area contributed by atoms with Crippen LogP contribution in [0.1, 0.15) is 61.3 Å².